The van der Waals surface area contributed by atoms with Crippen LogP contribution in [0, 0.1) is 5.41 Å². The van der Waals surface area contributed by atoms with Crippen LogP contribution in [0.3, 0.4) is 0 Å². The third-order valence-corrected chi connectivity index (χ3v) is 2.66. The van der Waals surface area contributed by atoms with Crippen LogP contribution in [0.2, 0.25) is 0 Å². The van der Waals surface area contributed by atoms with E-state index >= 15 is 0 Å². The summed E-state index contributed by atoms with van der Waals surface area (Å²) in [5.41, 5.74) is 4.27. The van der Waals surface area contributed by atoms with Crippen molar-refractivity contribution in [2.45, 2.75) is 25.8 Å². The van der Waals surface area contributed by atoms with Gasteiger partial charge in [0.05, 0.1) is 25.0 Å². The second-order valence-electron chi connectivity index (χ2n) is 3.98. The molecule has 0 aromatic rings. The van der Waals surface area contributed by atoms with E-state index in [1.54, 1.807) is 6.92 Å². The lowest BCUT2D eigenvalue weighted by Crippen LogP contribution is -2.37. The molecule has 7 heteroatoms. The molecule has 0 radical (unpaired) electrons. The summed E-state index contributed by atoms with van der Waals surface area (Å²) in [7, 11) is 0. The van der Waals surface area contributed by atoms with Gasteiger partial charge in [0.25, 0.3) is 0 Å². The number of aliphatic carboxylic acids is 1. The Kier molecular flexibility index (Phi) is 6.71. The Morgan fingerprint density at radius 2 is 1.88 bits per heavy atom. The van der Waals surface area contributed by atoms with Crippen LogP contribution in [0.4, 0.5) is 0 Å². The van der Waals surface area contributed by atoms with Crippen LogP contribution in [0.25, 0.3) is 0 Å². The lowest BCUT2D eigenvalue weighted by Gasteiger charge is -2.27. The fourth-order valence-electron chi connectivity index (χ4n) is 1.03. The topological polar surface area (TPSA) is 130 Å². The van der Waals surface area contributed by atoms with E-state index in [0.717, 1.165) is 0 Å². The number of rotatable bonds is 8. The fraction of sp³-hybridized carbons (Fsp3) is 0.800. The van der Waals surface area contributed by atoms with Crippen LogP contribution < -0.4 is 5.73 Å². The summed E-state index contributed by atoms with van der Waals surface area (Å²) >= 11 is 0. The molecule has 100 valence electrons. The van der Waals surface area contributed by atoms with Crippen LogP contribution in [-0.4, -0.2) is 53.1 Å². The lowest BCUT2D eigenvalue weighted by atomic mass is 9.88. The molecule has 0 fully saturated rings. The van der Waals surface area contributed by atoms with Gasteiger partial charge >= 0.3 is 11.9 Å². The molecule has 0 saturated heterocycles. The molecule has 1 atom stereocenters. The minimum absolute atomic E-state index is 0.165. The van der Waals surface area contributed by atoms with Gasteiger partial charge in [-0.15, -0.1) is 0 Å². The Hall–Kier alpha value is -1.18. The average molecular weight is 249 g/mol. The third kappa shape index (κ3) is 5.12. The maximum Gasteiger partial charge on any atom is 0.321 e. The summed E-state index contributed by atoms with van der Waals surface area (Å²) in [6.45, 7) is 0.932. The molecule has 0 saturated carbocycles. The van der Waals surface area contributed by atoms with Crippen LogP contribution in [0.5, 0.6) is 0 Å². The number of ether oxygens (including phenoxy) is 1. The highest BCUT2D eigenvalue weighted by Gasteiger charge is 2.29. The maximum absolute atomic E-state index is 11.2. The highest BCUT2D eigenvalue weighted by Crippen LogP contribution is 2.20. The zero-order chi connectivity index (χ0) is 13.5. The van der Waals surface area contributed by atoms with E-state index in [1.165, 1.54) is 0 Å². The minimum Gasteiger partial charge on any atom is -0.480 e. The largest absolute Gasteiger partial charge is 0.480 e. The SMILES string of the molecule is CCC(CO)(CO)COC(=O)CC(N)C(=O)O. The monoisotopic (exact) mass is 249 g/mol. The van der Waals surface area contributed by atoms with Crippen LogP contribution >= 0.6 is 0 Å². The first-order valence-corrected chi connectivity index (χ1v) is 5.26. The van der Waals surface area contributed by atoms with Crippen molar-refractivity contribution in [3.8, 4) is 0 Å². The number of esters is 1. The molecule has 1 unspecified atom stereocenters. The average Bonchev–Trinajstić information content (AvgIpc) is 2.31. The summed E-state index contributed by atoms with van der Waals surface area (Å²) in [4.78, 5) is 21.6. The molecule has 0 rings (SSSR count). The predicted molar refractivity (Wildman–Crippen MR) is 58.1 cm³/mol. The zero-order valence-electron chi connectivity index (χ0n) is 9.76. The van der Waals surface area contributed by atoms with Crippen LogP contribution in [0.15, 0.2) is 0 Å². The number of carboxylic acids is 1. The molecule has 7 nitrogen and oxygen atoms in total. The molecule has 17 heavy (non-hydrogen) atoms. The van der Waals surface area contributed by atoms with Crippen molar-refractivity contribution >= 4 is 11.9 Å². The van der Waals surface area contributed by atoms with Crippen molar-refractivity contribution in [1.29, 1.82) is 0 Å². The van der Waals surface area contributed by atoms with Crippen LogP contribution in [-0.2, 0) is 14.3 Å². The summed E-state index contributed by atoms with van der Waals surface area (Å²) in [6.07, 6.45) is -0.00967. The number of carboxylic acid groups (broad SMARTS) is 1. The molecular weight excluding hydrogens is 230 g/mol. The number of carbonyl (C=O) groups is 2. The molecular formula is C10H19NO6. The Bertz CT molecular complexity index is 255. The van der Waals surface area contributed by atoms with Crippen molar-refractivity contribution < 1.29 is 29.6 Å². The fourth-order valence-corrected chi connectivity index (χ4v) is 1.03. The smallest absolute Gasteiger partial charge is 0.321 e. The number of aliphatic hydroxyl groups excluding tert-OH is 2. The summed E-state index contributed by atoms with van der Waals surface area (Å²) in [5, 5.41) is 26.7. The van der Waals surface area contributed by atoms with Gasteiger partial charge in [0.1, 0.15) is 12.6 Å². The molecule has 0 spiro atoms. The standard InChI is InChI=1S/C10H19NO6/c1-2-10(4-12,5-13)6-17-8(14)3-7(11)9(15)16/h7,12-13H,2-6,11H2,1H3,(H,15,16). The first-order chi connectivity index (χ1) is 7.90. The van der Waals surface area contributed by atoms with E-state index < -0.39 is 29.8 Å². The van der Waals surface area contributed by atoms with Gasteiger partial charge in [0.15, 0.2) is 0 Å². The Labute approximate surface area is 99.2 Å². The number of hydrogen-bond acceptors (Lipinski definition) is 6. The van der Waals surface area contributed by atoms with Gasteiger partial charge in [-0.2, -0.15) is 0 Å². The van der Waals surface area contributed by atoms with Gasteiger partial charge in [0.2, 0.25) is 0 Å². The lowest BCUT2D eigenvalue weighted by molar-refractivity contribution is -0.153. The Morgan fingerprint density at radius 3 is 2.24 bits per heavy atom. The normalized spacial score (nSPS) is 13.2. The maximum atomic E-state index is 11.2. The van der Waals surface area contributed by atoms with Gasteiger partial charge in [-0.25, -0.2) is 0 Å². The molecule has 0 amide bonds. The first kappa shape index (κ1) is 15.8. The highest BCUT2D eigenvalue weighted by atomic mass is 16.5. The number of hydrogen-bond donors (Lipinski definition) is 4. The van der Waals surface area contributed by atoms with E-state index in [0.29, 0.717) is 6.42 Å². The van der Waals surface area contributed by atoms with Crippen molar-refractivity contribution in [3.63, 3.8) is 0 Å². The highest BCUT2D eigenvalue weighted by molar-refractivity contribution is 5.81. The van der Waals surface area contributed by atoms with Crippen molar-refractivity contribution in [2.24, 2.45) is 11.1 Å². The van der Waals surface area contributed by atoms with E-state index in [1.807, 2.05) is 0 Å². The molecule has 0 bridgehead atoms. The van der Waals surface area contributed by atoms with E-state index in [2.05, 4.69) is 0 Å². The third-order valence-electron chi connectivity index (χ3n) is 2.66. The molecule has 0 aromatic carbocycles. The quantitative estimate of drug-likeness (QED) is 0.394. The van der Waals surface area contributed by atoms with Gasteiger partial charge in [-0.3, -0.25) is 9.59 Å². The summed E-state index contributed by atoms with van der Waals surface area (Å²) in [5.74, 6) is -2.05. The van der Waals surface area contributed by atoms with E-state index in [-0.39, 0.29) is 19.8 Å². The molecule has 0 aliphatic heterocycles. The van der Waals surface area contributed by atoms with E-state index in [4.69, 9.17) is 25.8 Å². The van der Waals surface area contributed by atoms with Crippen LogP contribution in [0.1, 0.15) is 19.8 Å². The Morgan fingerprint density at radius 1 is 1.35 bits per heavy atom. The molecule has 0 heterocycles. The van der Waals surface area contributed by atoms with Crippen molar-refractivity contribution in [3.05, 3.63) is 0 Å². The molecule has 0 aliphatic carbocycles. The van der Waals surface area contributed by atoms with E-state index in [9.17, 15) is 9.59 Å². The van der Waals surface area contributed by atoms with Crippen molar-refractivity contribution in [1.82, 2.24) is 0 Å². The number of carbonyl (C=O) groups excluding carboxylic acids is 1. The molecule has 5 N–H and O–H groups in total. The molecule has 0 aliphatic rings. The summed E-state index contributed by atoms with van der Waals surface area (Å²) < 4.78 is 4.80. The Balaban J connectivity index is 4.18. The van der Waals surface area contributed by atoms with Gasteiger partial charge < -0.3 is 25.8 Å². The predicted octanol–water partition coefficient (Wildman–Crippen LogP) is -1.29. The van der Waals surface area contributed by atoms with Gasteiger partial charge in [0, 0.05) is 0 Å². The number of nitrogens with two attached hydrogens (primary N) is 1. The minimum atomic E-state index is -1.30. The molecule has 0 aromatic heterocycles. The first-order valence-electron chi connectivity index (χ1n) is 5.26. The van der Waals surface area contributed by atoms with Gasteiger partial charge in [-0.05, 0) is 6.42 Å². The zero-order valence-corrected chi connectivity index (χ0v) is 9.76. The van der Waals surface area contributed by atoms with Gasteiger partial charge in [-0.1, -0.05) is 6.92 Å². The summed E-state index contributed by atoms with van der Waals surface area (Å²) in [6, 6.07) is -1.30. The number of aliphatic hydroxyl groups is 2. The second kappa shape index (κ2) is 7.21. The van der Waals surface area contributed by atoms with Crippen molar-refractivity contribution in [2.75, 3.05) is 19.8 Å². The second-order valence-corrected chi connectivity index (χ2v) is 3.98.